The van der Waals surface area contributed by atoms with Crippen LogP contribution < -0.4 is 11.2 Å². The molecule has 100 valence electrons. The number of aromatic nitrogens is 1. The number of para-hydroxylation sites is 1. The minimum Gasteiger partial charge on any atom is -0.384 e. The normalized spacial score (nSPS) is 10.9. The second-order valence-electron chi connectivity index (χ2n) is 4.65. The van der Waals surface area contributed by atoms with Gasteiger partial charge in [-0.3, -0.25) is 4.79 Å². The number of rotatable bonds is 1. The van der Waals surface area contributed by atoms with Gasteiger partial charge in [0.2, 0.25) is 0 Å². The van der Waals surface area contributed by atoms with E-state index >= 15 is 0 Å². The van der Waals surface area contributed by atoms with E-state index in [1.807, 2.05) is 12.1 Å². The SMILES string of the molecule is Cn1c(N)c(-c2ccccc2F)c(=O)c2ccccc21. The predicted octanol–water partition coefficient (Wildman–Crippen LogP) is 2.93. The summed E-state index contributed by atoms with van der Waals surface area (Å²) in [5.74, 6) is -0.189. The minimum atomic E-state index is -0.452. The monoisotopic (exact) mass is 268 g/mol. The lowest BCUT2D eigenvalue weighted by Crippen LogP contribution is -2.16. The third-order valence-electron chi connectivity index (χ3n) is 3.50. The van der Waals surface area contributed by atoms with Crippen LogP contribution in [0.3, 0.4) is 0 Å². The zero-order chi connectivity index (χ0) is 14.3. The zero-order valence-electron chi connectivity index (χ0n) is 10.9. The first kappa shape index (κ1) is 12.4. The summed E-state index contributed by atoms with van der Waals surface area (Å²) in [5.41, 5.74) is 6.97. The Morgan fingerprint density at radius 1 is 1.05 bits per heavy atom. The summed E-state index contributed by atoms with van der Waals surface area (Å²) in [6.07, 6.45) is 0. The Hall–Kier alpha value is -2.62. The van der Waals surface area contributed by atoms with Crippen molar-refractivity contribution in [3.8, 4) is 11.1 Å². The molecule has 3 rings (SSSR count). The number of nitrogens with zero attached hydrogens (tertiary/aromatic N) is 1. The van der Waals surface area contributed by atoms with E-state index in [-0.39, 0.29) is 22.4 Å². The maximum absolute atomic E-state index is 14.0. The fourth-order valence-electron chi connectivity index (χ4n) is 2.43. The summed E-state index contributed by atoms with van der Waals surface area (Å²) in [6.45, 7) is 0. The van der Waals surface area contributed by atoms with Crippen LogP contribution in [0.2, 0.25) is 0 Å². The van der Waals surface area contributed by atoms with Crippen LogP contribution in [0, 0.1) is 5.82 Å². The lowest BCUT2D eigenvalue weighted by Gasteiger charge is -2.14. The van der Waals surface area contributed by atoms with E-state index in [0.29, 0.717) is 5.39 Å². The Kier molecular flexibility index (Phi) is 2.79. The van der Waals surface area contributed by atoms with Crippen LogP contribution in [-0.2, 0) is 7.05 Å². The van der Waals surface area contributed by atoms with Crippen molar-refractivity contribution in [2.24, 2.45) is 7.05 Å². The molecule has 0 fully saturated rings. The van der Waals surface area contributed by atoms with E-state index in [0.717, 1.165) is 5.52 Å². The quantitative estimate of drug-likeness (QED) is 0.737. The number of fused-ring (bicyclic) bond motifs is 1. The van der Waals surface area contributed by atoms with Gasteiger partial charge >= 0.3 is 0 Å². The van der Waals surface area contributed by atoms with Gasteiger partial charge in [-0.15, -0.1) is 0 Å². The molecule has 1 heterocycles. The van der Waals surface area contributed by atoms with E-state index in [4.69, 9.17) is 5.73 Å². The Labute approximate surface area is 115 Å². The van der Waals surface area contributed by atoms with E-state index < -0.39 is 5.82 Å². The minimum absolute atomic E-state index is 0.212. The molecule has 0 saturated heterocycles. The van der Waals surface area contributed by atoms with Crippen molar-refractivity contribution in [2.45, 2.75) is 0 Å². The molecule has 2 aromatic carbocycles. The molecule has 0 spiro atoms. The Morgan fingerprint density at radius 2 is 1.70 bits per heavy atom. The van der Waals surface area contributed by atoms with Gasteiger partial charge in [-0.1, -0.05) is 30.3 Å². The Morgan fingerprint density at radius 3 is 2.45 bits per heavy atom. The summed E-state index contributed by atoms with van der Waals surface area (Å²) >= 11 is 0. The van der Waals surface area contributed by atoms with Crippen LogP contribution in [0.1, 0.15) is 0 Å². The van der Waals surface area contributed by atoms with Gasteiger partial charge in [-0.05, 0) is 18.2 Å². The fraction of sp³-hybridized carbons (Fsp3) is 0.0625. The molecule has 0 saturated carbocycles. The van der Waals surface area contributed by atoms with Gasteiger partial charge in [0.05, 0.1) is 11.1 Å². The molecular weight excluding hydrogens is 255 g/mol. The second-order valence-corrected chi connectivity index (χ2v) is 4.65. The number of benzene rings is 2. The Bertz CT molecular complexity index is 868. The van der Waals surface area contributed by atoms with Crippen LogP contribution in [0.4, 0.5) is 10.2 Å². The predicted molar refractivity (Wildman–Crippen MR) is 79.0 cm³/mol. The maximum Gasteiger partial charge on any atom is 0.199 e. The molecule has 20 heavy (non-hydrogen) atoms. The lowest BCUT2D eigenvalue weighted by molar-refractivity contribution is 0.631. The highest BCUT2D eigenvalue weighted by molar-refractivity contribution is 5.89. The first-order valence-corrected chi connectivity index (χ1v) is 6.23. The smallest absolute Gasteiger partial charge is 0.199 e. The number of pyridine rings is 1. The molecule has 0 radical (unpaired) electrons. The zero-order valence-corrected chi connectivity index (χ0v) is 10.9. The highest BCUT2D eigenvalue weighted by Gasteiger charge is 2.16. The van der Waals surface area contributed by atoms with Crippen molar-refractivity contribution in [1.29, 1.82) is 0 Å². The first-order chi connectivity index (χ1) is 9.61. The molecule has 3 aromatic rings. The van der Waals surface area contributed by atoms with Gasteiger partial charge in [0, 0.05) is 18.0 Å². The summed E-state index contributed by atoms with van der Waals surface area (Å²) in [6, 6.07) is 13.3. The first-order valence-electron chi connectivity index (χ1n) is 6.23. The average Bonchev–Trinajstić information content (AvgIpc) is 2.47. The largest absolute Gasteiger partial charge is 0.384 e. The second kappa shape index (κ2) is 4.49. The van der Waals surface area contributed by atoms with E-state index in [1.54, 1.807) is 41.9 Å². The number of halogens is 1. The number of hydrogen-bond acceptors (Lipinski definition) is 2. The summed E-state index contributed by atoms with van der Waals surface area (Å²) < 4.78 is 15.7. The topological polar surface area (TPSA) is 48.0 Å². The molecule has 4 heteroatoms. The van der Waals surface area contributed by atoms with Gasteiger partial charge in [-0.2, -0.15) is 0 Å². The average molecular weight is 268 g/mol. The van der Waals surface area contributed by atoms with Crippen LogP contribution in [0.25, 0.3) is 22.0 Å². The number of anilines is 1. The van der Waals surface area contributed by atoms with Crippen molar-refractivity contribution >= 4 is 16.7 Å². The van der Waals surface area contributed by atoms with Crippen LogP contribution in [0.5, 0.6) is 0 Å². The molecule has 1 aromatic heterocycles. The van der Waals surface area contributed by atoms with Crippen LogP contribution in [0.15, 0.2) is 53.3 Å². The highest BCUT2D eigenvalue weighted by atomic mass is 19.1. The molecular formula is C16H13FN2O. The standard InChI is InChI=1S/C16H13FN2O/c1-19-13-9-5-3-7-11(13)15(20)14(16(19)18)10-6-2-4-8-12(10)17/h2-9H,18H2,1H3. The van der Waals surface area contributed by atoms with E-state index in [9.17, 15) is 9.18 Å². The molecule has 0 unspecified atom stereocenters. The molecule has 0 aliphatic heterocycles. The molecule has 0 amide bonds. The van der Waals surface area contributed by atoms with Gasteiger partial charge in [0.25, 0.3) is 0 Å². The summed E-state index contributed by atoms with van der Waals surface area (Å²) in [5, 5.41) is 0.530. The molecule has 3 nitrogen and oxygen atoms in total. The molecule has 0 atom stereocenters. The van der Waals surface area contributed by atoms with Crippen LogP contribution >= 0.6 is 0 Å². The van der Waals surface area contributed by atoms with Gasteiger partial charge in [-0.25, -0.2) is 4.39 Å². The van der Waals surface area contributed by atoms with Crippen LogP contribution in [-0.4, -0.2) is 4.57 Å². The van der Waals surface area contributed by atoms with Gasteiger partial charge in [0.1, 0.15) is 11.6 Å². The number of hydrogen-bond donors (Lipinski definition) is 1. The number of aryl methyl sites for hydroxylation is 1. The third kappa shape index (κ3) is 1.69. The van der Waals surface area contributed by atoms with E-state index in [2.05, 4.69) is 0 Å². The maximum atomic E-state index is 14.0. The summed E-state index contributed by atoms with van der Waals surface area (Å²) in [7, 11) is 1.77. The van der Waals surface area contributed by atoms with Crippen molar-refractivity contribution in [3.63, 3.8) is 0 Å². The van der Waals surface area contributed by atoms with Gasteiger partial charge in [0.15, 0.2) is 5.43 Å². The lowest BCUT2D eigenvalue weighted by atomic mass is 10.0. The third-order valence-corrected chi connectivity index (χ3v) is 3.50. The summed E-state index contributed by atoms with van der Waals surface area (Å²) in [4.78, 5) is 12.6. The Balaban J connectivity index is 2.50. The van der Waals surface area contributed by atoms with Crippen molar-refractivity contribution in [3.05, 3.63) is 64.6 Å². The molecule has 0 bridgehead atoms. The fourth-order valence-corrected chi connectivity index (χ4v) is 2.43. The number of nitrogens with two attached hydrogens (primary N) is 1. The van der Waals surface area contributed by atoms with Crippen molar-refractivity contribution in [1.82, 2.24) is 4.57 Å². The van der Waals surface area contributed by atoms with Crippen molar-refractivity contribution < 1.29 is 4.39 Å². The van der Waals surface area contributed by atoms with Gasteiger partial charge < -0.3 is 10.3 Å². The molecule has 2 N–H and O–H groups in total. The highest BCUT2D eigenvalue weighted by Crippen LogP contribution is 2.27. The van der Waals surface area contributed by atoms with Crippen molar-refractivity contribution in [2.75, 3.05) is 5.73 Å². The molecule has 0 aliphatic carbocycles. The van der Waals surface area contributed by atoms with E-state index in [1.165, 1.54) is 6.07 Å². The molecule has 0 aliphatic rings. The number of nitrogen functional groups attached to an aromatic ring is 1.